The van der Waals surface area contributed by atoms with E-state index < -0.39 is 11.7 Å². The first-order valence-electron chi connectivity index (χ1n) is 7.63. The van der Waals surface area contributed by atoms with Crippen molar-refractivity contribution in [2.45, 2.75) is 26.4 Å². The largest absolute Gasteiger partial charge is 0.444 e. The number of rotatable bonds is 2. The summed E-state index contributed by atoms with van der Waals surface area (Å²) in [7, 11) is 0. The molecular formula is C18H19N3O2S. The molecule has 0 saturated heterocycles. The topological polar surface area (TPSA) is 58.5 Å². The smallest absolute Gasteiger partial charge is 0.412 e. The van der Waals surface area contributed by atoms with Crippen LogP contribution in [0.1, 0.15) is 20.8 Å². The van der Waals surface area contributed by atoms with E-state index in [1.54, 1.807) is 0 Å². The lowest BCUT2D eigenvalue weighted by molar-refractivity contribution is 0.0636. The summed E-state index contributed by atoms with van der Waals surface area (Å²) in [6.45, 7) is 5.49. The second-order valence-corrected chi connectivity index (χ2v) is 6.85. The van der Waals surface area contributed by atoms with Crippen LogP contribution in [0.3, 0.4) is 0 Å². The summed E-state index contributed by atoms with van der Waals surface area (Å²) in [5, 5.41) is 2.72. The zero-order valence-electron chi connectivity index (χ0n) is 13.8. The van der Waals surface area contributed by atoms with E-state index in [1.807, 2.05) is 73.8 Å². The molecule has 0 bridgehead atoms. The lowest BCUT2D eigenvalue weighted by Crippen LogP contribution is -2.27. The van der Waals surface area contributed by atoms with Gasteiger partial charge in [0.15, 0.2) is 4.77 Å². The first-order chi connectivity index (χ1) is 11.3. The fraction of sp³-hybridized carbons (Fsp3) is 0.222. The van der Waals surface area contributed by atoms with E-state index in [4.69, 9.17) is 17.0 Å². The van der Waals surface area contributed by atoms with Gasteiger partial charge in [-0.3, -0.25) is 9.72 Å². The molecule has 5 nitrogen and oxygen atoms in total. The highest BCUT2D eigenvalue weighted by molar-refractivity contribution is 7.71. The molecule has 6 heteroatoms. The maximum atomic E-state index is 11.8. The van der Waals surface area contributed by atoms with Crippen molar-refractivity contribution in [2.24, 2.45) is 0 Å². The van der Waals surface area contributed by atoms with Crippen LogP contribution in [-0.4, -0.2) is 21.1 Å². The van der Waals surface area contributed by atoms with Crippen LogP contribution in [0.4, 0.5) is 10.5 Å². The van der Waals surface area contributed by atoms with E-state index in [9.17, 15) is 4.79 Å². The van der Waals surface area contributed by atoms with Crippen molar-refractivity contribution in [3.8, 4) is 11.3 Å². The SMILES string of the molecule is CC(C)(C)OC(=O)Nc1ccc(-c2[nH]c(=S)n3ccccc23)cc1. The summed E-state index contributed by atoms with van der Waals surface area (Å²) in [6.07, 6.45) is 1.46. The van der Waals surface area contributed by atoms with Crippen LogP contribution in [0.25, 0.3) is 16.8 Å². The quantitative estimate of drug-likeness (QED) is 0.644. The Balaban J connectivity index is 1.84. The monoisotopic (exact) mass is 341 g/mol. The van der Waals surface area contributed by atoms with E-state index in [1.165, 1.54) is 0 Å². The van der Waals surface area contributed by atoms with Crippen LogP contribution in [-0.2, 0) is 4.74 Å². The number of nitrogens with one attached hydrogen (secondary N) is 2. The number of hydrogen-bond acceptors (Lipinski definition) is 3. The first kappa shape index (κ1) is 16.3. The molecule has 0 unspecified atom stereocenters. The third-order valence-corrected chi connectivity index (χ3v) is 3.68. The maximum Gasteiger partial charge on any atom is 0.412 e. The molecule has 3 aromatic rings. The average Bonchev–Trinajstić information content (AvgIpc) is 2.84. The number of ether oxygens (including phenoxy) is 1. The molecule has 1 amide bonds. The van der Waals surface area contributed by atoms with Crippen molar-refractivity contribution < 1.29 is 9.53 Å². The molecule has 0 aliphatic carbocycles. The summed E-state index contributed by atoms with van der Waals surface area (Å²) in [6, 6.07) is 13.5. The van der Waals surface area contributed by atoms with Crippen LogP contribution in [0.5, 0.6) is 0 Å². The zero-order valence-corrected chi connectivity index (χ0v) is 14.6. The Morgan fingerprint density at radius 3 is 2.54 bits per heavy atom. The summed E-state index contributed by atoms with van der Waals surface area (Å²) in [5.74, 6) is 0. The number of anilines is 1. The number of aromatic nitrogens is 2. The summed E-state index contributed by atoms with van der Waals surface area (Å²) in [4.78, 5) is 15.0. The summed E-state index contributed by atoms with van der Waals surface area (Å²) < 4.78 is 7.82. The van der Waals surface area contributed by atoms with Crippen LogP contribution >= 0.6 is 12.2 Å². The molecule has 2 aromatic heterocycles. The third-order valence-electron chi connectivity index (χ3n) is 3.39. The van der Waals surface area contributed by atoms with Gasteiger partial charge >= 0.3 is 6.09 Å². The molecule has 0 radical (unpaired) electrons. The van der Waals surface area contributed by atoms with Gasteiger partial charge in [-0.15, -0.1) is 0 Å². The van der Waals surface area contributed by atoms with Gasteiger partial charge in [0, 0.05) is 17.4 Å². The number of pyridine rings is 1. The summed E-state index contributed by atoms with van der Waals surface area (Å²) >= 11 is 5.34. The van der Waals surface area contributed by atoms with Crippen molar-refractivity contribution in [1.29, 1.82) is 0 Å². The van der Waals surface area contributed by atoms with E-state index in [0.717, 1.165) is 16.8 Å². The first-order valence-corrected chi connectivity index (χ1v) is 8.04. The van der Waals surface area contributed by atoms with Crippen molar-refractivity contribution in [1.82, 2.24) is 9.38 Å². The third kappa shape index (κ3) is 3.49. The molecule has 124 valence electrons. The van der Waals surface area contributed by atoms with Crippen LogP contribution in [0, 0.1) is 4.77 Å². The standard InChI is InChI=1S/C18H19N3O2S/c1-18(2,3)23-17(22)19-13-9-7-12(8-10-13)15-14-6-4-5-11-21(14)16(24)20-15/h4-11H,1-3H3,(H,19,22)(H,20,24). The van der Waals surface area contributed by atoms with Crippen LogP contribution < -0.4 is 5.32 Å². The van der Waals surface area contributed by atoms with E-state index >= 15 is 0 Å². The van der Waals surface area contributed by atoms with E-state index in [2.05, 4.69) is 10.3 Å². The van der Waals surface area contributed by atoms with Gasteiger partial charge in [-0.1, -0.05) is 18.2 Å². The van der Waals surface area contributed by atoms with Crippen molar-refractivity contribution in [3.05, 3.63) is 53.4 Å². The van der Waals surface area contributed by atoms with Gasteiger partial charge in [-0.2, -0.15) is 0 Å². The number of hydrogen-bond donors (Lipinski definition) is 2. The highest BCUT2D eigenvalue weighted by Gasteiger charge is 2.16. The molecular weight excluding hydrogens is 322 g/mol. The number of carbonyl (C=O) groups excluding carboxylic acids is 1. The Labute approximate surface area is 145 Å². The van der Waals surface area contributed by atoms with Gasteiger partial charge in [-0.25, -0.2) is 4.79 Å². The second kappa shape index (κ2) is 6.13. The van der Waals surface area contributed by atoms with Crippen LogP contribution in [0.15, 0.2) is 48.7 Å². The Morgan fingerprint density at radius 2 is 1.88 bits per heavy atom. The Hall–Kier alpha value is -2.60. The minimum atomic E-state index is -0.524. The number of fused-ring (bicyclic) bond motifs is 1. The molecule has 0 spiro atoms. The molecule has 0 atom stereocenters. The number of benzene rings is 1. The van der Waals surface area contributed by atoms with Gasteiger partial charge in [0.1, 0.15) is 5.60 Å². The Morgan fingerprint density at radius 1 is 1.17 bits per heavy atom. The zero-order chi connectivity index (χ0) is 17.3. The number of amides is 1. The highest BCUT2D eigenvalue weighted by atomic mass is 32.1. The van der Waals surface area contributed by atoms with Crippen molar-refractivity contribution >= 4 is 29.5 Å². The molecule has 0 saturated carbocycles. The predicted octanol–water partition coefficient (Wildman–Crippen LogP) is 5.01. The molecule has 2 heterocycles. The number of aromatic amines is 1. The molecule has 0 aliphatic rings. The van der Waals surface area contributed by atoms with Gasteiger partial charge in [0.2, 0.25) is 0 Å². The molecule has 3 rings (SSSR count). The minimum Gasteiger partial charge on any atom is -0.444 e. The fourth-order valence-corrected chi connectivity index (χ4v) is 2.68. The number of carbonyl (C=O) groups is 1. The van der Waals surface area contributed by atoms with Crippen LogP contribution in [0.2, 0.25) is 0 Å². The van der Waals surface area contributed by atoms with Gasteiger partial charge < -0.3 is 9.72 Å². The van der Waals surface area contributed by atoms with E-state index in [0.29, 0.717) is 10.5 Å². The number of nitrogens with zero attached hydrogens (tertiary/aromatic N) is 1. The average molecular weight is 341 g/mol. The van der Waals surface area contributed by atoms with E-state index in [-0.39, 0.29) is 0 Å². The predicted molar refractivity (Wildman–Crippen MR) is 97.9 cm³/mol. The minimum absolute atomic E-state index is 0.469. The normalized spacial score (nSPS) is 11.5. The molecule has 0 fully saturated rings. The second-order valence-electron chi connectivity index (χ2n) is 6.47. The highest BCUT2D eigenvalue weighted by Crippen LogP contribution is 2.25. The fourth-order valence-electron chi connectivity index (χ4n) is 2.42. The molecule has 24 heavy (non-hydrogen) atoms. The van der Waals surface area contributed by atoms with Gasteiger partial charge in [-0.05, 0) is 57.3 Å². The van der Waals surface area contributed by atoms with Gasteiger partial charge in [0.25, 0.3) is 0 Å². The Bertz CT molecular complexity index is 933. The molecule has 0 aliphatic heterocycles. The number of H-pyrrole nitrogens is 1. The maximum absolute atomic E-state index is 11.8. The summed E-state index contributed by atoms with van der Waals surface area (Å²) in [5.41, 5.74) is 3.10. The van der Waals surface area contributed by atoms with Crippen molar-refractivity contribution in [3.63, 3.8) is 0 Å². The lowest BCUT2D eigenvalue weighted by Gasteiger charge is -2.19. The lowest BCUT2D eigenvalue weighted by atomic mass is 10.1. The van der Waals surface area contributed by atoms with Gasteiger partial charge in [0.05, 0.1) is 11.2 Å². The van der Waals surface area contributed by atoms with Crippen molar-refractivity contribution in [2.75, 3.05) is 5.32 Å². The number of imidazole rings is 1. The molecule has 2 N–H and O–H groups in total. The molecule has 1 aromatic carbocycles. The Kier molecular flexibility index (Phi) is 4.15.